The largest absolute Gasteiger partial charge is 0.493 e. The second-order valence-electron chi connectivity index (χ2n) is 6.57. The zero-order valence-corrected chi connectivity index (χ0v) is 16.5. The van der Waals surface area contributed by atoms with Crippen molar-refractivity contribution < 1.29 is 19.0 Å². The molecule has 3 rings (SSSR count). The number of hydrogen-bond donors (Lipinski definition) is 2. The Morgan fingerprint density at radius 3 is 2.36 bits per heavy atom. The number of benzene rings is 2. The van der Waals surface area contributed by atoms with Crippen molar-refractivity contribution in [3.8, 4) is 17.2 Å². The Labute approximate surface area is 165 Å². The predicted octanol–water partition coefficient (Wildman–Crippen LogP) is 3.50. The highest BCUT2D eigenvalue weighted by Crippen LogP contribution is 2.39. The van der Waals surface area contributed by atoms with Crippen LogP contribution < -0.4 is 29.7 Å². The van der Waals surface area contributed by atoms with Gasteiger partial charge in [-0.25, -0.2) is 4.79 Å². The molecule has 0 bridgehead atoms. The minimum atomic E-state index is -0.269. The minimum Gasteiger partial charge on any atom is -0.493 e. The number of anilines is 2. The van der Waals surface area contributed by atoms with Crippen LogP contribution in [-0.2, 0) is 0 Å². The second-order valence-corrected chi connectivity index (χ2v) is 6.57. The summed E-state index contributed by atoms with van der Waals surface area (Å²) in [5.74, 6) is 1.46. The first-order valence-electron chi connectivity index (χ1n) is 9.32. The number of para-hydroxylation sites is 1. The zero-order chi connectivity index (χ0) is 19.9. The first kappa shape index (κ1) is 19.7. The van der Waals surface area contributed by atoms with Gasteiger partial charge in [-0.1, -0.05) is 18.2 Å². The van der Waals surface area contributed by atoms with Crippen molar-refractivity contribution in [3.05, 3.63) is 42.5 Å². The predicted molar refractivity (Wildman–Crippen MR) is 110 cm³/mol. The highest BCUT2D eigenvalue weighted by atomic mass is 16.5. The lowest BCUT2D eigenvalue weighted by atomic mass is 10.2. The average Bonchev–Trinajstić information content (AvgIpc) is 3.20. The fourth-order valence-electron chi connectivity index (χ4n) is 3.55. The normalized spacial score (nSPS) is 15.8. The van der Waals surface area contributed by atoms with Gasteiger partial charge in [0.05, 0.1) is 27.0 Å². The molecule has 28 heavy (non-hydrogen) atoms. The van der Waals surface area contributed by atoms with Gasteiger partial charge in [0, 0.05) is 37.0 Å². The molecule has 2 aromatic carbocycles. The summed E-state index contributed by atoms with van der Waals surface area (Å²) >= 11 is 0. The molecular formula is C21H27N3O4. The number of rotatable bonds is 7. The lowest BCUT2D eigenvalue weighted by Crippen LogP contribution is -2.41. The Kier molecular flexibility index (Phi) is 6.47. The van der Waals surface area contributed by atoms with E-state index in [1.807, 2.05) is 18.2 Å². The molecular weight excluding hydrogens is 358 g/mol. The zero-order valence-electron chi connectivity index (χ0n) is 16.5. The number of carbonyl (C=O) groups is 1. The molecule has 1 heterocycles. The van der Waals surface area contributed by atoms with E-state index in [2.05, 4.69) is 27.7 Å². The van der Waals surface area contributed by atoms with Crippen molar-refractivity contribution in [3.63, 3.8) is 0 Å². The van der Waals surface area contributed by atoms with Crippen LogP contribution in [0.15, 0.2) is 42.5 Å². The van der Waals surface area contributed by atoms with E-state index in [1.54, 1.807) is 33.5 Å². The van der Waals surface area contributed by atoms with Crippen molar-refractivity contribution >= 4 is 17.4 Å². The lowest BCUT2D eigenvalue weighted by Gasteiger charge is -2.27. The lowest BCUT2D eigenvalue weighted by molar-refractivity contribution is 0.251. The monoisotopic (exact) mass is 385 g/mol. The van der Waals surface area contributed by atoms with Crippen LogP contribution in [-0.4, -0.2) is 46.5 Å². The van der Waals surface area contributed by atoms with E-state index in [9.17, 15) is 4.79 Å². The van der Waals surface area contributed by atoms with E-state index in [0.717, 1.165) is 19.4 Å². The molecule has 1 aliphatic rings. The first-order valence-corrected chi connectivity index (χ1v) is 9.32. The molecule has 0 spiro atoms. The molecule has 0 aromatic heterocycles. The number of amides is 2. The van der Waals surface area contributed by atoms with E-state index >= 15 is 0 Å². The number of nitrogens with zero attached hydrogens (tertiary/aromatic N) is 1. The van der Waals surface area contributed by atoms with Crippen LogP contribution >= 0.6 is 0 Å². The van der Waals surface area contributed by atoms with Crippen LogP contribution in [0.1, 0.15) is 12.8 Å². The van der Waals surface area contributed by atoms with E-state index < -0.39 is 0 Å². The number of urea groups is 1. The fourth-order valence-corrected chi connectivity index (χ4v) is 3.55. The van der Waals surface area contributed by atoms with Gasteiger partial charge in [-0.15, -0.1) is 0 Å². The Bertz CT molecular complexity index is 772. The van der Waals surface area contributed by atoms with Gasteiger partial charge in [0.2, 0.25) is 5.75 Å². The van der Waals surface area contributed by atoms with Gasteiger partial charge >= 0.3 is 6.03 Å². The SMILES string of the molecule is COc1cc(NC(=O)NC[C@@H]2CCCN2c2ccccc2)cc(OC)c1OC. The Hall–Kier alpha value is -3.09. The van der Waals surface area contributed by atoms with Crippen molar-refractivity contribution in [1.29, 1.82) is 0 Å². The summed E-state index contributed by atoms with van der Waals surface area (Å²) in [4.78, 5) is 14.8. The summed E-state index contributed by atoms with van der Waals surface area (Å²) < 4.78 is 15.9. The van der Waals surface area contributed by atoms with E-state index in [0.29, 0.717) is 29.5 Å². The van der Waals surface area contributed by atoms with Gasteiger partial charge in [0.1, 0.15) is 0 Å². The maximum Gasteiger partial charge on any atom is 0.319 e. The summed E-state index contributed by atoms with van der Waals surface area (Å²) in [6.07, 6.45) is 2.18. The molecule has 1 aliphatic heterocycles. The average molecular weight is 385 g/mol. The molecule has 0 saturated carbocycles. The summed E-state index contributed by atoms with van der Waals surface area (Å²) in [5, 5.41) is 5.81. The summed E-state index contributed by atoms with van der Waals surface area (Å²) in [5.41, 5.74) is 1.76. The number of ether oxygens (including phenoxy) is 3. The van der Waals surface area contributed by atoms with Crippen molar-refractivity contribution in [2.75, 3.05) is 44.6 Å². The highest BCUT2D eigenvalue weighted by Gasteiger charge is 2.25. The summed E-state index contributed by atoms with van der Waals surface area (Å²) in [6.45, 7) is 1.58. The van der Waals surface area contributed by atoms with Crippen LogP contribution in [0, 0.1) is 0 Å². The Morgan fingerprint density at radius 2 is 1.75 bits per heavy atom. The molecule has 1 atom stereocenters. The molecule has 2 aromatic rings. The molecule has 1 saturated heterocycles. The van der Waals surface area contributed by atoms with Gasteiger partial charge in [0.25, 0.3) is 0 Å². The molecule has 1 fully saturated rings. The van der Waals surface area contributed by atoms with Gasteiger partial charge in [-0.3, -0.25) is 0 Å². The maximum atomic E-state index is 12.4. The van der Waals surface area contributed by atoms with E-state index in [4.69, 9.17) is 14.2 Å². The van der Waals surface area contributed by atoms with Crippen molar-refractivity contribution in [2.24, 2.45) is 0 Å². The number of nitrogens with one attached hydrogen (secondary N) is 2. The topological polar surface area (TPSA) is 72.1 Å². The molecule has 2 N–H and O–H groups in total. The quantitative estimate of drug-likeness (QED) is 0.763. The Balaban J connectivity index is 1.61. The second kappa shape index (κ2) is 9.21. The third-order valence-electron chi connectivity index (χ3n) is 4.89. The number of methoxy groups -OCH3 is 3. The van der Waals surface area contributed by atoms with Crippen LogP contribution in [0.25, 0.3) is 0 Å². The summed E-state index contributed by atoms with van der Waals surface area (Å²) in [6, 6.07) is 13.7. The van der Waals surface area contributed by atoms with Gasteiger partial charge in [-0.2, -0.15) is 0 Å². The van der Waals surface area contributed by atoms with Crippen LogP contribution in [0.3, 0.4) is 0 Å². The molecule has 2 amide bonds. The molecule has 0 radical (unpaired) electrons. The first-order chi connectivity index (χ1) is 13.7. The standard InChI is InChI=1S/C21H27N3O4/c1-26-18-12-15(13-19(27-2)20(18)28-3)23-21(25)22-14-17-10-7-11-24(17)16-8-5-4-6-9-16/h4-6,8-9,12-13,17H,7,10-11,14H2,1-3H3,(H2,22,23,25)/t17-/m0/s1. The van der Waals surface area contributed by atoms with Crippen LogP contribution in [0.4, 0.5) is 16.2 Å². The van der Waals surface area contributed by atoms with Gasteiger partial charge in [-0.05, 0) is 25.0 Å². The summed E-state index contributed by atoms with van der Waals surface area (Å²) in [7, 11) is 4.62. The highest BCUT2D eigenvalue weighted by molar-refractivity contribution is 5.90. The third kappa shape index (κ3) is 4.42. The van der Waals surface area contributed by atoms with Crippen LogP contribution in [0.2, 0.25) is 0 Å². The minimum absolute atomic E-state index is 0.269. The smallest absolute Gasteiger partial charge is 0.319 e. The van der Waals surface area contributed by atoms with Crippen molar-refractivity contribution in [1.82, 2.24) is 5.32 Å². The van der Waals surface area contributed by atoms with E-state index in [-0.39, 0.29) is 12.1 Å². The fraction of sp³-hybridized carbons (Fsp3) is 0.381. The Morgan fingerprint density at radius 1 is 1.07 bits per heavy atom. The molecule has 0 unspecified atom stereocenters. The van der Waals surface area contributed by atoms with E-state index in [1.165, 1.54) is 5.69 Å². The van der Waals surface area contributed by atoms with Gasteiger partial charge in [0.15, 0.2) is 11.5 Å². The number of carbonyl (C=O) groups excluding carboxylic acids is 1. The van der Waals surface area contributed by atoms with Gasteiger partial charge < -0.3 is 29.7 Å². The maximum absolute atomic E-state index is 12.4. The van der Waals surface area contributed by atoms with Crippen molar-refractivity contribution in [2.45, 2.75) is 18.9 Å². The molecule has 0 aliphatic carbocycles. The third-order valence-corrected chi connectivity index (χ3v) is 4.89. The van der Waals surface area contributed by atoms with Crippen LogP contribution in [0.5, 0.6) is 17.2 Å². The molecule has 7 nitrogen and oxygen atoms in total. The number of hydrogen-bond acceptors (Lipinski definition) is 5. The molecule has 150 valence electrons. The molecule has 7 heteroatoms.